The molecule has 5 nitrogen and oxygen atoms in total. The van der Waals surface area contributed by atoms with Crippen molar-refractivity contribution in [2.24, 2.45) is 4.99 Å². The first kappa shape index (κ1) is 15.8. The van der Waals surface area contributed by atoms with Crippen LogP contribution in [-0.4, -0.2) is 23.4 Å². The van der Waals surface area contributed by atoms with Gasteiger partial charge in [0.05, 0.1) is 0 Å². The first-order chi connectivity index (χ1) is 9.29. The van der Waals surface area contributed by atoms with Gasteiger partial charge in [-0.05, 0) is 18.6 Å². The minimum absolute atomic E-state index is 0.331. The van der Waals surface area contributed by atoms with Crippen molar-refractivity contribution in [3.05, 3.63) is 36.3 Å². The summed E-state index contributed by atoms with van der Waals surface area (Å²) in [5.41, 5.74) is 0.0167. The number of aliphatic imine (C=N–C) groups is 1. The van der Waals surface area contributed by atoms with Crippen molar-refractivity contribution < 1.29 is 23.5 Å². The lowest BCUT2D eigenvalue weighted by molar-refractivity contribution is -0.222. The van der Waals surface area contributed by atoms with Gasteiger partial charge in [0.15, 0.2) is 5.57 Å². The van der Waals surface area contributed by atoms with Gasteiger partial charge in [-0.25, -0.2) is 14.0 Å². The molecule has 1 fully saturated rings. The summed E-state index contributed by atoms with van der Waals surface area (Å²) in [6, 6.07) is 0. The van der Waals surface area contributed by atoms with Crippen molar-refractivity contribution in [2.45, 2.75) is 33.0 Å². The Labute approximate surface area is 116 Å². The predicted octanol–water partition coefficient (Wildman–Crippen LogP) is 2.60. The third-order valence-corrected chi connectivity index (χ3v) is 2.34. The zero-order chi connectivity index (χ0) is 15.3. The zero-order valence-electron chi connectivity index (χ0n) is 11.6. The molecule has 0 aromatic carbocycles. The second-order valence-corrected chi connectivity index (χ2v) is 4.43. The lowest BCUT2D eigenvalue weighted by atomic mass is 10.2. The molecule has 20 heavy (non-hydrogen) atoms. The second-order valence-electron chi connectivity index (χ2n) is 4.43. The molecular formula is C14H16FNO4. The molecule has 1 rings (SSSR count). The number of hydrogen-bond donors (Lipinski definition) is 0. The number of nitrogens with zero attached hydrogens (tertiary/aromatic N) is 1. The van der Waals surface area contributed by atoms with E-state index in [1.807, 2.05) is 0 Å². The number of carbonyl (C=O) groups is 2. The van der Waals surface area contributed by atoms with Crippen LogP contribution in [0.4, 0.5) is 4.39 Å². The monoisotopic (exact) mass is 281 g/mol. The second kappa shape index (κ2) is 6.27. The average molecular weight is 281 g/mol. The molecule has 6 heteroatoms. The lowest BCUT2D eigenvalue weighted by Gasteiger charge is -2.29. The van der Waals surface area contributed by atoms with Gasteiger partial charge >= 0.3 is 11.9 Å². The number of halogens is 1. The molecule has 0 saturated carbocycles. The van der Waals surface area contributed by atoms with Crippen molar-refractivity contribution in [3.8, 4) is 0 Å². The van der Waals surface area contributed by atoms with Crippen LogP contribution in [0, 0.1) is 0 Å². The van der Waals surface area contributed by atoms with Crippen LogP contribution in [-0.2, 0) is 19.1 Å². The quantitative estimate of drug-likeness (QED) is 0.261. The minimum atomic E-state index is -1.29. The maximum atomic E-state index is 13.0. The Bertz CT molecular complexity index is 507. The highest BCUT2D eigenvalue weighted by atomic mass is 19.1. The van der Waals surface area contributed by atoms with Crippen LogP contribution in [0.3, 0.4) is 0 Å². The van der Waals surface area contributed by atoms with Gasteiger partial charge in [0.25, 0.3) is 5.79 Å². The smallest absolute Gasteiger partial charge is 0.350 e. The van der Waals surface area contributed by atoms with Gasteiger partial charge in [-0.3, -0.25) is 4.99 Å². The zero-order valence-corrected chi connectivity index (χ0v) is 11.6. The summed E-state index contributed by atoms with van der Waals surface area (Å²) in [6.07, 6.45) is 3.63. The van der Waals surface area contributed by atoms with Crippen LogP contribution in [0.5, 0.6) is 0 Å². The predicted molar refractivity (Wildman–Crippen MR) is 71.5 cm³/mol. The van der Waals surface area contributed by atoms with E-state index in [-0.39, 0.29) is 5.57 Å². The Morgan fingerprint density at radius 2 is 1.90 bits per heavy atom. The lowest BCUT2D eigenvalue weighted by Crippen LogP contribution is -2.41. The van der Waals surface area contributed by atoms with Gasteiger partial charge in [0.2, 0.25) is 0 Å². The van der Waals surface area contributed by atoms with Crippen molar-refractivity contribution in [1.82, 2.24) is 0 Å². The highest BCUT2D eigenvalue weighted by Crippen LogP contribution is 2.22. The topological polar surface area (TPSA) is 65.0 Å². The van der Waals surface area contributed by atoms with Crippen LogP contribution >= 0.6 is 0 Å². The number of allylic oxidation sites excluding steroid dienone is 3. The fourth-order valence-corrected chi connectivity index (χ4v) is 1.36. The van der Waals surface area contributed by atoms with E-state index in [4.69, 9.17) is 9.47 Å². The summed E-state index contributed by atoms with van der Waals surface area (Å²) in [7, 11) is 0. The van der Waals surface area contributed by atoms with E-state index in [1.54, 1.807) is 6.92 Å². The molecule has 0 N–H and O–H groups in total. The first-order valence-electron chi connectivity index (χ1n) is 6.02. The summed E-state index contributed by atoms with van der Waals surface area (Å²) < 4.78 is 22.8. The van der Waals surface area contributed by atoms with Gasteiger partial charge in [-0.2, -0.15) is 0 Å². The summed E-state index contributed by atoms with van der Waals surface area (Å²) >= 11 is 0. The molecule has 0 radical (unpaired) electrons. The average Bonchev–Trinajstić information content (AvgIpc) is 2.34. The van der Waals surface area contributed by atoms with Gasteiger partial charge in [0, 0.05) is 25.8 Å². The normalized spacial score (nSPS) is 19.3. The van der Waals surface area contributed by atoms with Crippen molar-refractivity contribution in [3.63, 3.8) is 0 Å². The molecule has 0 atom stereocenters. The van der Waals surface area contributed by atoms with Crippen LogP contribution in [0.25, 0.3) is 0 Å². The van der Waals surface area contributed by atoms with E-state index in [0.717, 1.165) is 18.4 Å². The third kappa shape index (κ3) is 4.15. The molecule has 0 aliphatic carbocycles. The fraction of sp³-hybridized carbons (Fsp3) is 0.357. The number of carbonyl (C=O) groups excluding carboxylic acids is 2. The van der Waals surface area contributed by atoms with E-state index >= 15 is 0 Å². The van der Waals surface area contributed by atoms with E-state index in [2.05, 4.69) is 11.6 Å². The highest BCUT2D eigenvalue weighted by Gasteiger charge is 2.38. The number of cyclic esters (lactones) is 2. The minimum Gasteiger partial charge on any atom is -0.419 e. The summed E-state index contributed by atoms with van der Waals surface area (Å²) in [5.74, 6) is -3.49. The maximum absolute atomic E-state index is 13.0. The summed E-state index contributed by atoms with van der Waals surface area (Å²) in [6.45, 7) is 7.92. The Hall–Kier alpha value is -2.24. The van der Waals surface area contributed by atoms with E-state index < -0.39 is 23.6 Å². The summed E-state index contributed by atoms with van der Waals surface area (Å²) in [5, 5.41) is 0. The molecule has 0 amide bonds. The van der Waals surface area contributed by atoms with E-state index in [1.165, 1.54) is 13.8 Å². The number of hydrogen-bond acceptors (Lipinski definition) is 5. The van der Waals surface area contributed by atoms with Crippen LogP contribution in [0.15, 0.2) is 41.3 Å². The van der Waals surface area contributed by atoms with Crippen molar-refractivity contribution in [2.75, 3.05) is 0 Å². The molecule has 0 aromatic rings. The molecule has 1 saturated heterocycles. The molecule has 0 unspecified atom stereocenters. The molecule has 108 valence electrons. The van der Waals surface area contributed by atoms with Gasteiger partial charge in [-0.15, -0.1) is 0 Å². The number of esters is 2. The van der Waals surface area contributed by atoms with Gasteiger partial charge in [0.1, 0.15) is 5.83 Å². The van der Waals surface area contributed by atoms with Crippen LogP contribution in [0.1, 0.15) is 27.2 Å². The number of rotatable bonds is 4. The highest BCUT2D eigenvalue weighted by molar-refractivity contribution is 6.15. The van der Waals surface area contributed by atoms with Crippen molar-refractivity contribution in [1.29, 1.82) is 0 Å². The Balaban J connectivity index is 3.01. The molecule has 0 aromatic heterocycles. The summed E-state index contributed by atoms with van der Waals surface area (Å²) in [4.78, 5) is 27.2. The molecule has 1 aliphatic heterocycles. The Kier molecular flexibility index (Phi) is 4.96. The van der Waals surface area contributed by atoms with E-state index in [9.17, 15) is 14.0 Å². The molecule has 1 aliphatic rings. The van der Waals surface area contributed by atoms with Gasteiger partial charge in [-0.1, -0.05) is 13.5 Å². The molecular weight excluding hydrogens is 265 g/mol. The third-order valence-electron chi connectivity index (χ3n) is 2.34. The molecule has 1 heterocycles. The van der Waals surface area contributed by atoms with Gasteiger partial charge < -0.3 is 9.47 Å². The molecule has 0 spiro atoms. The maximum Gasteiger partial charge on any atom is 0.350 e. The first-order valence-corrected chi connectivity index (χ1v) is 6.02. The standard InChI is InChI=1S/C14H16FNO4/c1-5-9(15)7-10(6-2)16-8-11-12(17)19-14(3,4)20-13(11)18/h5,7-8H,1,6H2,2-4H3/b9-7+,16-10?. The van der Waals surface area contributed by atoms with Crippen LogP contribution in [0.2, 0.25) is 0 Å². The molecule has 0 bridgehead atoms. The largest absolute Gasteiger partial charge is 0.419 e. The fourth-order valence-electron chi connectivity index (χ4n) is 1.36. The van der Waals surface area contributed by atoms with E-state index in [0.29, 0.717) is 12.1 Å². The Morgan fingerprint density at radius 1 is 1.35 bits per heavy atom. The number of ether oxygens (including phenoxy) is 2. The SMILES string of the molecule is C=C/C(F)=C\C(CC)=NC=C1C(=O)OC(C)(C)OC1=O. The Morgan fingerprint density at radius 3 is 2.35 bits per heavy atom. The van der Waals surface area contributed by atoms with Crippen molar-refractivity contribution >= 4 is 17.7 Å². The van der Waals surface area contributed by atoms with Crippen LogP contribution < -0.4 is 0 Å².